The Morgan fingerprint density at radius 2 is 2.00 bits per heavy atom. The number of rotatable bonds is 9. The van der Waals surface area contributed by atoms with Gasteiger partial charge < -0.3 is 19.2 Å². The molecule has 1 N–H and O–H groups in total. The second-order valence-corrected chi connectivity index (χ2v) is 8.09. The van der Waals surface area contributed by atoms with Crippen LogP contribution in [-0.2, 0) is 17.9 Å². The van der Waals surface area contributed by atoms with E-state index in [0.29, 0.717) is 23.1 Å². The third kappa shape index (κ3) is 6.10. The number of esters is 1. The third-order valence-corrected chi connectivity index (χ3v) is 5.77. The molecule has 0 amide bonds. The van der Waals surface area contributed by atoms with E-state index in [1.54, 1.807) is 13.0 Å². The maximum atomic E-state index is 11.7. The van der Waals surface area contributed by atoms with Crippen molar-refractivity contribution in [2.75, 3.05) is 7.11 Å². The van der Waals surface area contributed by atoms with Crippen LogP contribution in [0.5, 0.6) is 5.75 Å². The Labute approximate surface area is 173 Å². The molecule has 0 bridgehead atoms. The van der Waals surface area contributed by atoms with E-state index in [-0.39, 0.29) is 6.61 Å². The minimum absolute atomic E-state index is 0.270. The largest absolute Gasteiger partial charge is 0.485 e. The van der Waals surface area contributed by atoms with Gasteiger partial charge in [-0.1, -0.05) is 50.3 Å². The molecule has 1 aliphatic rings. The number of carbonyl (C=O) groups is 1. The van der Waals surface area contributed by atoms with Crippen LogP contribution >= 0.6 is 0 Å². The van der Waals surface area contributed by atoms with E-state index < -0.39 is 5.97 Å². The van der Waals surface area contributed by atoms with Crippen molar-refractivity contribution in [2.24, 2.45) is 5.92 Å². The number of furan rings is 1. The first kappa shape index (κ1) is 21.4. The SMILES string of the molecule is COC(=O)c1cc(COc2ccccc2CNC(C)CC2CCCCC2)oc1C. The molecule has 2 aromatic rings. The van der Waals surface area contributed by atoms with Gasteiger partial charge in [0.25, 0.3) is 0 Å². The Balaban J connectivity index is 1.54. The number of hydrogen-bond acceptors (Lipinski definition) is 5. The van der Waals surface area contributed by atoms with Crippen molar-refractivity contribution in [3.63, 3.8) is 0 Å². The van der Waals surface area contributed by atoms with E-state index in [1.165, 1.54) is 45.6 Å². The molecule has 1 aromatic heterocycles. The summed E-state index contributed by atoms with van der Waals surface area (Å²) in [4.78, 5) is 11.7. The predicted octanol–water partition coefficient (Wildman–Crippen LogP) is 5.40. The second kappa shape index (κ2) is 10.5. The van der Waals surface area contributed by atoms with Crippen LogP contribution in [0.1, 0.15) is 72.9 Å². The molecule has 158 valence electrons. The van der Waals surface area contributed by atoms with E-state index in [1.807, 2.05) is 18.2 Å². The zero-order valence-corrected chi connectivity index (χ0v) is 17.8. The van der Waals surface area contributed by atoms with Crippen molar-refractivity contribution >= 4 is 5.97 Å². The van der Waals surface area contributed by atoms with Gasteiger partial charge >= 0.3 is 5.97 Å². The van der Waals surface area contributed by atoms with Gasteiger partial charge in [0.05, 0.1) is 7.11 Å². The highest BCUT2D eigenvalue weighted by Gasteiger charge is 2.17. The number of methoxy groups -OCH3 is 1. The van der Waals surface area contributed by atoms with E-state index in [9.17, 15) is 4.79 Å². The van der Waals surface area contributed by atoms with Crippen LogP contribution < -0.4 is 10.1 Å². The first-order valence-electron chi connectivity index (χ1n) is 10.7. The highest BCUT2D eigenvalue weighted by molar-refractivity contribution is 5.90. The summed E-state index contributed by atoms with van der Waals surface area (Å²) in [6, 6.07) is 10.2. The Hall–Kier alpha value is -2.27. The highest BCUT2D eigenvalue weighted by Crippen LogP contribution is 2.27. The fraction of sp³-hybridized carbons (Fsp3) is 0.542. The monoisotopic (exact) mass is 399 g/mol. The molecule has 0 spiro atoms. The summed E-state index contributed by atoms with van der Waals surface area (Å²) in [7, 11) is 1.36. The zero-order valence-electron chi connectivity index (χ0n) is 17.8. The van der Waals surface area contributed by atoms with Crippen LogP contribution in [0.4, 0.5) is 0 Å². The molecular weight excluding hydrogens is 366 g/mol. The molecule has 1 fully saturated rings. The van der Waals surface area contributed by atoms with Gasteiger partial charge in [-0.2, -0.15) is 0 Å². The molecule has 1 unspecified atom stereocenters. The Morgan fingerprint density at radius 1 is 1.24 bits per heavy atom. The lowest BCUT2D eigenvalue weighted by molar-refractivity contribution is 0.0599. The average Bonchev–Trinajstić information content (AvgIpc) is 3.12. The van der Waals surface area contributed by atoms with Gasteiger partial charge in [0.15, 0.2) is 0 Å². The van der Waals surface area contributed by atoms with Gasteiger partial charge in [0.1, 0.15) is 29.4 Å². The summed E-state index contributed by atoms with van der Waals surface area (Å²) in [6.07, 6.45) is 8.17. The normalized spacial score (nSPS) is 15.8. The molecule has 1 atom stereocenters. The fourth-order valence-electron chi connectivity index (χ4n) is 4.16. The second-order valence-electron chi connectivity index (χ2n) is 8.09. The number of carbonyl (C=O) groups excluding carboxylic acids is 1. The number of aryl methyl sites for hydroxylation is 1. The standard InChI is InChI=1S/C24H33NO4/c1-17(13-19-9-5-4-6-10-19)25-15-20-11-7-8-12-23(20)28-16-21-14-22(18(2)29-21)24(26)27-3/h7-8,11-12,14,17,19,25H,4-6,9-10,13,15-16H2,1-3H3. The molecule has 3 rings (SSSR count). The number of nitrogens with one attached hydrogen (secondary N) is 1. The fourth-order valence-corrected chi connectivity index (χ4v) is 4.16. The first-order valence-corrected chi connectivity index (χ1v) is 10.7. The van der Waals surface area contributed by atoms with Crippen molar-refractivity contribution in [3.8, 4) is 5.75 Å². The van der Waals surface area contributed by atoms with Gasteiger partial charge in [0, 0.05) is 18.2 Å². The molecular formula is C24H33NO4. The molecule has 0 aliphatic heterocycles. The molecule has 1 heterocycles. The predicted molar refractivity (Wildman–Crippen MR) is 113 cm³/mol. The summed E-state index contributed by atoms with van der Waals surface area (Å²) in [5, 5.41) is 3.66. The van der Waals surface area contributed by atoms with E-state index in [4.69, 9.17) is 13.9 Å². The van der Waals surface area contributed by atoms with E-state index in [2.05, 4.69) is 18.3 Å². The number of hydrogen-bond donors (Lipinski definition) is 1. The molecule has 1 saturated carbocycles. The number of para-hydroxylation sites is 1. The maximum absolute atomic E-state index is 11.7. The third-order valence-electron chi connectivity index (χ3n) is 5.77. The summed E-state index contributed by atoms with van der Waals surface area (Å²) < 4.78 is 16.4. The van der Waals surface area contributed by atoms with Crippen LogP contribution in [-0.4, -0.2) is 19.1 Å². The van der Waals surface area contributed by atoms with Crippen LogP contribution in [0.3, 0.4) is 0 Å². The lowest BCUT2D eigenvalue weighted by Crippen LogP contribution is -2.28. The van der Waals surface area contributed by atoms with Crippen molar-refractivity contribution in [2.45, 2.75) is 71.6 Å². The van der Waals surface area contributed by atoms with Gasteiger partial charge in [-0.25, -0.2) is 4.79 Å². The lowest BCUT2D eigenvalue weighted by Gasteiger charge is -2.25. The van der Waals surface area contributed by atoms with E-state index in [0.717, 1.165) is 23.8 Å². The van der Waals surface area contributed by atoms with Crippen molar-refractivity contribution in [1.82, 2.24) is 5.32 Å². The van der Waals surface area contributed by atoms with Crippen molar-refractivity contribution in [3.05, 3.63) is 53.0 Å². The van der Waals surface area contributed by atoms with Crippen LogP contribution in [0.15, 0.2) is 34.7 Å². The zero-order chi connectivity index (χ0) is 20.6. The molecule has 5 nitrogen and oxygen atoms in total. The average molecular weight is 400 g/mol. The van der Waals surface area contributed by atoms with Gasteiger partial charge in [-0.15, -0.1) is 0 Å². The number of benzene rings is 1. The lowest BCUT2D eigenvalue weighted by atomic mass is 9.85. The summed E-state index contributed by atoms with van der Waals surface area (Å²) in [5.74, 6) is 2.45. The first-order chi connectivity index (χ1) is 14.1. The van der Waals surface area contributed by atoms with Gasteiger partial charge in [-0.3, -0.25) is 0 Å². The summed E-state index contributed by atoms with van der Waals surface area (Å²) >= 11 is 0. The topological polar surface area (TPSA) is 60.7 Å². The molecule has 29 heavy (non-hydrogen) atoms. The molecule has 1 aromatic carbocycles. The van der Waals surface area contributed by atoms with Crippen molar-refractivity contribution in [1.29, 1.82) is 0 Å². The van der Waals surface area contributed by atoms with Gasteiger partial charge in [-0.05, 0) is 38.3 Å². The molecule has 0 saturated heterocycles. The molecule has 1 aliphatic carbocycles. The van der Waals surface area contributed by atoms with Gasteiger partial charge in [0.2, 0.25) is 0 Å². The Kier molecular flexibility index (Phi) is 7.76. The van der Waals surface area contributed by atoms with Crippen LogP contribution in [0.2, 0.25) is 0 Å². The van der Waals surface area contributed by atoms with E-state index >= 15 is 0 Å². The Morgan fingerprint density at radius 3 is 2.76 bits per heavy atom. The number of ether oxygens (including phenoxy) is 2. The highest BCUT2D eigenvalue weighted by atomic mass is 16.5. The van der Waals surface area contributed by atoms with Crippen LogP contribution in [0, 0.1) is 12.8 Å². The smallest absolute Gasteiger partial charge is 0.341 e. The molecule has 5 heteroatoms. The summed E-state index contributed by atoms with van der Waals surface area (Å²) in [6.45, 7) is 5.07. The summed E-state index contributed by atoms with van der Waals surface area (Å²) in [5.41, 5.74) is 1.57. The van der Waals surface area contributed by atoms with Crippen LogP contribution in [0.25, 0.3) is 0 Å². The van der Waals surface area contributed by atoms with Crippen molar-refractivity contribution < 1.29 is 18.7 Å². The quantitative estimate of drug-likeness (QED) is 0.572. The Bertz CT molecular complexity index is 792. The minimum Gasteiger partial charge on any atom is -0.485 e. The minimum atomic E-state index is -0.394. The maximum Gasteiger partial charge on any atom is 0.341 e. The molecule has 0 radical (unpaired) electrons.